The molecule has 0 aliphatic heterocycles. The number of carbonyl (C=O) groups excluding carboxylic acids is 1. The topological polar surface area (TPSA) is 78.8 Å². The molecular weight excluding hydrogens is 246 g/mol. The monoisotopic (exact) mass is 267 g/mol. The van der Waals surface area contributed by atoms with Crippen molar-refractivity contribution in [3.63, 3.8) is 0 Å². The Morgan fingerprint density at radius 2 is 2.05 bits per heavy atom. The Morgan fingerprint density at radius 1 is 1.42 bits per heavy atom. The van der Waals surface area contributed by atoms with Gasteiger partial charge < -0.3 is 14.9 Å². The van der Waals surface area contributed by atoms with Crippen molar-refractivity contribution in [1.29, 1.82) is 0 Å². The molecule has 1 amide bonds. The van der Waals surface area contributed by atoms with Crippen LogP contribution < -0.4 is 5.32 Å². The number of hydrogen-bond donors (Lipinski definition) is 3. The minimum atomic E-state index is -0.567. The third-order valence-electron chi connectivity index (χ3n) is 2.24. The van der Waals surface area contributed by atoms with E-state index in [1.165, 1.54) is 6.07 Å². The lowest BCUT2D eigenvalue weighted by molar-refractivity contribution is 0.0636. The van der Waals surface area contributed by atoms with Crippen LogP contribution in [-0.2, 0) is 11.2 Å². The molecule has 0 bridgehead atoms. The van der Waals surface area contributed by atoms with Gasteiger partial charge in [0, 0.05) is 12.1 Å². The fraction of sp³-hybridized carbons (Fsp3) is 0.500. The van der Waals surface area contributed by atoms with E-state index in [1.54, 1.807) is 39.8 Å². The van der Waals surface area contributed by atoms with Crippen LogP contribution in [0.3, 0.4) is 0 Å². The molecule has 5 nitrogen and oxygen atoms in total. The van der Waals surface area contributed by atoms with Gasteiger partial charge in [0.2, 0.25) is 0 Å². The van der Waals surface area contributed by atoms with E-state index >= 15 is 0 Å². The molecule has 0 aliphatic carbocycles. The number of anilines is 1. The number of rotatable bonds is 3. The van der Waals surface area contributed by atoms with Crippen molar-refractivity contribution in [2.75, 3.05) is 5.32 Å². The molecule has 5 heteroatoms. The number of aromatic hydroxyl groups is 1. The SMILES string of the molecule is CC(O)Cc1cc(NC(=O)OC(C)(C)C)ccc1O. The summed E-state index contributed by atoms with van der Waals surface area (Å²) in [7, 11) is 0. The summed E-state index contributed by atoms with van der Waals surface area (Å²) in [4.78, 5) is 11.6. The van der Waals surface area contributed by atoms with Gasteiger partial charge in [0.15, 0.2) is 0 Å². The van der Waals surface area contributed by atoms with E-state index in [4.69, 9.17) is 4.74 Å². The molecule has 0 heterocycles. The van der Waals surface area contributed by atoms with Crippen LogP contribution in [0.4, 0.5) is 10.5 Å². The van der Waals surface area contributed by atoms with Crippen LogP contribution >= 0.6 is 0 Å². The normalized spacial score (nSPS) is 12.9. The van der Waals surface area contributed by atoms with E-state index in [0.29, 0.717) is 17.7 Å². The van der Waals surface area contributed by atoms with Gasteiger partial charge in [0.05, 0.1) is 6.10 Å². The Hall–Kier alpha value is -1.75. The standard InChI is InChI=1S/C14H21NO4/c1-9(16)7-10-8-11(5-6-12(10)17)15-13(18)19-14(2,3)4/h5-6,8-9,16-17H,7H2,1-4H3,(H,15,18). The van der Waals surface area contributed by atoms with Gasteiger partial charge in [0.25, 0.3) is 0 Å². The number of aliphatic hydroxyl groups is 1. The Morgan fingerprint density at radius 3 is 2.58 bits per heavy atom. The Labute approximate surface area is 113 Å². The van der Waals surface area contributed by atoms with Crippen molar-refractivity contribution < 1.29 is 19.7 Å². The number of phenolic OH excluding ortho intramolecular Hbond substituents is 1. The molecule has 1 aromatic carbocycles. The second-order valence-corrected chi connectivity index (χ2v) is 5.52. The molecule has 0 aliphatic rings. The average Bonchev–Trinajstić information content (AvgIpc) is 2.19. The molecule has 0 spiro atoms. The van der Waals surface area contributed by atoms with Crippen molar-refractivity contribution in [2.45, 2.75) is 45.8 Å². The van der Waals surface area contributed by atoms with E-state index < -0.39 is 17.8 Å². The third kappa shape index (κ3) is 5.61. The number of benzene rings is 1. The number of ether oxygens (including phenoxy) is 1. The van der Waals surface area contributed by atoms with Gasteiger partial charge in [-0.25, -0.2) is 4.79 Å². The highest BCUT2D eigenvalue weighted by molar-refractivity contribution is 5.85. The molecule has 0 radical (unpaired) electrons. The highest BCUT2D eigenvalue weighted by Crippen LogP contribution is 2.23. The first-order valence-corrected chi connectivity index (χ1v) is 6.17. The third-order valence-corrected chi connectivity index (χ3v) is 2.24. The van der Waals surface area contributed by atoms with E-state index in [2.05, 4.69) is 5.32 Å². The maximum Gasteiger partial charge on any atom is 0.412 e. The number of hydrogen-bond acceptors (Lipinski definition) is 4. The summed E-state index contributed by atoms with van der Waals surface area (Å²) in [6.07, 6.45) is -0.806. The zero-order chi connectivity index (χ0) is 14.6. The average molecular weight is 267 g/mol. The van der Waals surface area contributed by atoms with E-state index in [1.807, 2.05) is 0 Å². The summed E-state index contributed by atoms with van der Waals surface area (Å²) in [6, 6.07) is 4.67. The Bertz CT molecular complexity index is 449. The van der Waals surface area contributed by atoms with Crippen LogP contribution in [0.2, 0.25) is 0 Å². The quantitative estimate of drug-likeness (QED) is 0.736. The van der Waals surface area contributed by atoms with Gasteiger partial charge in [-0.05, 0) is 51.5 Å². The molecule has 3 N–H and O–H groups in total. The number of aliphatic hydroxyl groups excluding tert-OH is 1. The lowest BCUT2D eigenvalue weighted by atomic mass is 10.1. The number of phenols is 1. The first kappa shape index (κ1) is 15.3. The van der Waals surface area contributed by atoms with Crippen molar-refractivity contribution in [3.05, 3.63) is 23.8 Å². The van der Waals surface area contributed by atoms with Gasteiger partial charge in [-0.1, -0.05) is 0 Å². The minimum absolute atomic E-state index is 0.0932. The van der Waals surface area contributed by atoms with Gasteiger partial charge in [-0.2, -0.15) is 0 Å². The molecule has 1 aromatic rings. The molecule has 0 saturated carbocycles. The summed E-state index contributed by atoms with van der Waals surface area (Å²) < 4.78 is 5.13. The predicted octanol–water partition coefficient (Wildman–Crippen LogP) is 2.66. The van der Waals surface area contributed by atoms with E-state index in [-0.39, 0.29) is 5.75 Å². The van der Waals surface area contributed by atoms with Crippen molar-refractivity contribution in [3.8, 4) is 5.75 Å². The van der Waals surface area contributed by atoms with E-state index in [0.717, 1.165) is 0 Å². The number of amides is 1. The lowest BCUT2D eigenvalue weighted by Crippen LogP contribution is -2.27. The van der Waals surface area contributed by atoms with Gasteiger partial charge in [0.1, 0.15) is 11.4 Å². The molecule has 1 atom stereocenters. The van der Waals surface area contributed by atoms with Crippen molar-refractivity contribution in [2.24, 2.45) is 0 Å². The summed E-state index contributed by atoms with van der Waals surface area (Å²) in [6.45, 7) is 6.97. The molecule has 1 rings (SSSR count). The van der Waals surface area contributed by atoms with Crippen LogP contribution in [0.25, 0.3) is 0 Å². The first-order chi connectivity index (χ1) is 8.67. The molecule has 1 unspecified atom stereocenters. The number of carbonyl (C=O) groups is 1. The first-order valence-electron chi connectivity index (χ1n) is 6.17. The molecule has 0 aromatic heterocycles. The van der Waals surface area contributed by atoms with E-state index in [9.17, 15) is 15.0 Å². The highest BCUT2D eigenvalue weighted by Gasteiger charge is 2.16. The van der Waals surface area contributed by atoms with Crippen LogP contribution in [0.1, 0.15) is 33.3 Å². The molecular formula is C14H21NO4. The predicted molar refractivity (Wildman–Crippen MR) is 73.3 cm³/mol. The largest absolute Gasteiger partial charge is 0.508 e. The second kappa shape index (κ2) is 5.93. The smallest absolute Gasteiger partial charge is 0.412 e. The molecule has 106 valence electrons. The van der Waals surface area contributed by atoms with Crippen LogP contribution in [0.15, 0.2) is 18.2 Å². The lowest BCUT2D eigenvalue weighted by Gasteiger charge is -2.20. The summed E-state index contributed by atoms with van der Waals surface area (Å²) in [5.74, 6) is 0.0932. The van der Waals surface area contributed by atoms with Gasteiger partial charge in [-0.15, -0.1) is 0 Å². The molecule has 0 fully saturated rings. The molecule has 19 heavy (non-hydrogen) atoms. The fourth-order valence-electron chi connectivity index (χ4n) is 1.57. The van der Waals surface area contributed by atoms with Crippen LogP contribution in [0, 0.1) is 0 Å². The van der Waals surface area contributed by atoms with Crippen LogP contribution in [0.5, 0.6) is 5.75 Å². The highest BCUT2D eigenvalue weighted by atomic mass is 16.6. The van der Waals surface area contributed by atoms with Crippen molar-refractivity contribution in [1.82, 2.24) is 0 Å². The summed E-state index contributed by atoms with van der Waals surface area (Å²) in [5.41, 5.74) is 0.523. The minimum Gasteiger partial charge on any atom is -0.508 e. The Kier molecular flexibility index (Phi) is 4.78. The zero-order valence-corrected chi connectivity index (χ0v) is 11.7. The van der Waals surface area contributed by atoms with Gasteiger partial charge >= 0.3 is 6.09 Å². The maximum absolute atomic E-state index is 11.6. The van der Waals surface area contributed by atoms with Gasteiger partial charge in [-0.3, -0.25) is 5.32 Å². The summed E-state index contributed by atoms with van der Waals surface area (Å²) >= 11 is 0. The number of nitrogens with one attached hydrogen (secondary N) is 1. The Balaban J connectivity index is 2.77. The van der Waals surface area contributed by atoms with Crippen LogP contribution in [-0.4, -0.2) is 28.0 Å². The zero-order valence-electron chi connectivity index (χ0n) is 11.7. The van der Waals surface area contributed by atoms with Crippen molar-refractivity contribution >= 4 is 11.8 Å². The summed E-state index contributed by atoms with van der Waals surface area (Å²) in [5, 5.41) is 21.6. The fourth-order valence-corrected chi connectivity index (χ4v) is 1.57. The maximum atomic E-state index is 11.6. The molecule has 0 saturated heterocycles. The second-order valence-electron chi connectivity index (χ2n) is 5.52.